The number of ether oxygens (including phenoxy) is 2. The Kier molecular flexibility index (Phi) is 5.70. The monoisotopic (exact) mass is 250 g/mol. The Bertz CT molecular complexity index is 430. The van der Waals surface area contributed by atoms with E-state index in [0.29, 0.717) is 18.0 Å². The maximum absolute atomic E-state index is 11.2. The van der Waals surface area contributed by atoms with Gasteiger partial charge in [0.25, 0.3) is 5.91 Å². The minimum absolute atomic E-state index is 0.182. The third-order valence-electron chi connectivity index (χ3n) is 2.41. The van der Waals surface area contributed by atoms with Crippen LogP contribution in [0.15, 0.2) is 23.2 Å². The fourth-order valence-corrected chi connectivity index (χ4v) is 1.53. The topological polar surface area (TPSA) is 59.9 Å². The Morgan fingerprint density at radius 2 is 2.06 bits per heavy atom. The molecule has 0 atom stereocenters. The van der Waals surface area contributed by atoms with Crippen LogP contribution in [0.25, 0.3) is 0 Å². The van der Waals surface area contributed by atoms with Gasteiger partial charge in [0.2, 0.25) is 0 Å². The fourth-order valence-electron chi connectivity index (χ4n) is 1.53. The lowest BCUT2D eigenvalue weighted by Gasteiger charge is -2.09. The summed E-state index contributed by atoms with van der Waals surface area (Å²) in [5.41, 5.74) is 1.07. The lowest BCUT2D eigenvalue weighted by atomic mass is 10.1. The van der Waals surface area contributed by atoms with Crippen molar-refractivity contribution in [2.45, 2.75) is 6.42 Å². The second-order valence-corrected chi connectivity index (χ2v) is 3.62. The normalized spacial score (nSPS) is 10.4. The Hall–Kier alpha value is -2.04. The molecule has 0 aromatic heterocycles. The molecule has 0 spiro atoms. The molecule has 18 heavy (non-hydrogen) atoms. The van der Waals surface area contributed by atoms with Gasteiger partial charge in [-0.05, 0) is 24.1 Å². The summed E-state index contributed by atoms with van der Waals surface area (Å²) in [5.74, 6) is 1.21. The third kappa shape index (κ3) is 4.08. The van der Waals surface area contributed by atoms with Gasteiger partial charge in [0.15, 0.2) is 11.5 Å². The van der Waals surface area contributed by atoms with Gasteiger partial charge in [0.05, 0.1) is 20.4 Å². The molecule has 0 aliphatic carbocycles. The number of hydrogen-bond acceptors (Lipinski definition) is 4. The zero-order valence-corrected chi connectivity index (χ0v) is 10.9. The van der Waals surface area contributed by atoms with Gasteiger partial charge in [-0.1, -0.05) is 6.07 Å². The summed E-state index contributed by atoms with van der Waals surface area (Å²) in [6.45, 7) is 0.556. The molecule has 0 aliphatic heterocycles. The second-order valence-electron chi connectivity index (χ2n) is 3.62. The van der Waals surface area contributed by atoms with Gasteiger partial charge in [-0.2, -0.15) is 0 Å². The van der Waals surface area contributed by atoms with Crippen molar-refractivity contribution < 1.29 is 14.3 Å². The molecule has 1 rings (SSSR count). The van der Waals surface area contributed by atoms with Crippen molar-refractivity contribution in [2.75, 3.05) is 27.8 Å². The van der Waals surface area contributed by atoms with Gasteiger partial charge >= 0.3 is 0 Å². The molecule has 1 amide bonds. The number of carbonyl (C=O) groups excluding carboxylic acids is 1. The van der Waals surface area contributed by atoms with Crippen molar-refractivity contribution in [1.82, 2.24) is 5.32 Å². The first-order valence-electron chi connectivity index (χ1n) is 5.62. The number of nitrogens with zero attached hydrogens (tertiary/aromatic N) is 1. The van der Waals surface area contributed by atoms with Gasteiger partial charge in [-0.15, -0.1) is 0 Å². The standard InChI is InChI=1S/C13H18N2O3/c1-14-9-13(16)15-7-6-10-4-5-11(17-2)12(8-10)18-3/h4-5,8-9H,6-7H2,1-3H3,(H,15,16)/b14-9-. The van der Waals surface area contributed by atoms with Crippen LogP contribution >= 0.6 is 0 Å². The molecule has 0 unspecified atom stereocenters. The van der Waals surface area contributed by atoms with E-state index in [1.807, 2.05) is 18.2 Å². The maximum atomic E-state index is 11.2. The number of methoxy groups -OCH3 is 2. The summed E-state index contributed by atoms with van der Waals surface area (Å²) in [6, 6.07) is 5.70. The van der Waals surface area contributed by atoms with Crippen molar-refractivity contribution in [1.29, 1.82) is 0 Å². The lowest BCUT2D eigenvalue weighted by Crippen LogP contribution is -2.26. The van der Waals surface area contributed by atoms with Crippen molar-refractivity contribution in [3.05, 3.63) is 23.8 Å². The molecule has 98 valence electrons. The number of carbonyl (C=O) groups is 1. The molecule has 0 radical (unpaired) electrons. The molecular formula is C13H18N2O3. The van der Waals surface area contributed by atoms with E-state index in [1.54, 1.807) is 21.3 Å². The molecule has 0 saturated heterocycles. The lowest BCUT2D eigenvalue weighted by molar-refractivity contribution is -0.114. The molecule has 0 saturated carbocycles. The molecule has 1 aromatic carbocycles. The van der Waals surface area contributed by atoms with E-state index in [4.69, 9.17) is 9.47 Å². The maximum Gasteiger partial charge on any atom is 0.261 e. The van der Waals surface area contributed by atoms with Crippen LogP contribution in [0.4, 0.5) is 0 Å². The first-order chi connectivity index (χ1) is 8.71. The van der Waals surface area contributed by atoms with Crippen LogP contribution in [0.2, 0.25) is 0 Å². The number of benzene rings is 1. The summed E-state index contributed by atoms with van der Waals surface area (Å²) in [7, 11) is 4.76. The largest absolute Gasteiger partial charge is 0.493 e. The van der Waals surface area contributed by atoms with Gasteiger partial charge in [-0.25, -0.2) is 0 Å². The molecular weight excluding hydrogens is 232 g/mol. The minimum atomic E-state index is -0.182. The molecule has 0 aliphatic rings. The van der Waals surface area contributed by atoms with Gasteiger partial charge in [-0.3, -0.25) is 9.79 Å². The Labute approximate surface area is 107 Å². The number of hydrogen-bond donors (Lipinski definition) is 1. The van der Waals surface area contributed by atoms with Crippen molar-refractivity contribution in [2.24, 2.45) is 4.99 Å². The molecule has 0 heterocycles. The third-order valence-corrected chi connectivity index (χ3v) is 2.41. The van der Waals surface area contributed by atoms with Crippen LogP contribution in [0.1, 0.15) is 5.56 Å². The van der Waals surface area contributed by atoms with E-state index in [-0.39, 0.29) is 5.91 Å². The quantitative estimate of drug-likeness (QED) is 0.768. The van der Waals surface area contributed by atoms with Gasteiger partial charge < -0.3 is 14.8 Å². The smallest absolute Gasteiger partial charge is 0.261 e. The van der Waals surface area contributed by atoms with E-state index in [9.17, 15) is 4.79 Å². The highest BCUT2D eigenvalue weighted by molar-refractivity contribution is 6.26. The second kappa shape index (κ2) is 7.32. The van der Waals surface area contributed by atoms with Crippen molar-refractivity contribution in [3.8, 4) is 11.5 Å². The average molecular weight is 250 g/mol. The van der Waals surface area contributed by atoms with E-state index in [2.05, 4.69) is 10.3 Å². The SMILES string of the molecule is C/N=C\C(=O)NCCc1ccc(OC)c(OC)c1. The van der Waals surface area contributed by atoms with Crippen LogP contribution in [0.5, 0.6) is 11.5 Å². The molecule has 1 N–H and O–H groups in total. The van der Waals surface area contributed by atoms with Gasteiger partial charge in [0, 0.05) is 13.6 Å². The highest BCUT2D eigenvalue weighted by atomic mass is 16.5. The summed E-state index contributed by atoms with van der Waals surface area (Å²) >= 11 is 0. The van der Waals surface area contributed by atoms with Crippen LogP contribution < -0.4 is 14.8 Å². The molecule has 0 fully saturated rings. The predicted octanol–water partition coefficient (Wildman–Crippen LogP) is 1.06. The van der Waals surface area contributed by atoms with E-state index >= 15 is 0 Å². The van der Waals surface area contributed by atoms with Crippen molar-refractivity contribution in [3.63, 3.8) is 0 Å². The first kappa shape index (κ1) is 14.0. The van der Waals surface area contributed by atoms with Crippen LogP contribution in [-0.4, -0.2) is 39.9 Å². The summed E-state index contributed by atoms with van der Waals surface area (Å²) in [6.07, 6.45) is 1.98. The number of amides is 1. The zero-order valence-electron chi connectivity index (χ0n) is 10.9. The summed E-state index contributed by atoms with van der Waals surface area (Å²) < 4.78 is 10.4. The Balaban J connectivity index is 2.55. The number of nitrogens with one attached hydrogen (secondary N) is 1. The average Bonchev–Trinajstić information content (AvgIpc) is 2.38. The summed E-state index contributed by atoms with van der Waals surface area (Å²) in [4.78, 5) is 14.8. The number of rotatable bonds is 6. The Morgan fingerprint density at radius 1 is 1.33 bits per heavy atom. The highest BCUT2D eigenvalue weighted by Gasteiger charge is 2.04. The Morgan fingerprint density at radius 3 is 2.67 bits per heavy atom. The molecule has 5 nitrogen and oxygen atoms in total. The van der Waals surface area contributed by atoms with Gasteiger partial charge in [0.1, 0.15) is 0 Å². The molecule has 1 aromatic rings. The van der Waals surface area contributed by atoms with Crippen LogP contribution in [0, 0.1) is 0 Å². The zero-order chi connectivity index (χ0) is 13.4. The highest BCUT2D eigenvalue weighted by Crippen LogP contribution is 2.27. The molecule has 5 heteroatoms. The summed E-state index contributed by atoms with van der Waals surface area (Å²) in [5, 5.41) is 2.74. The van der Waals surface area contributed by atoms with E-state index < -0.39 is 0 Å². The minimum Gasteiger partial charge on any atom is -0.493 e. The molecule has 0 bridgehead atoms. The van der Waals surface area contributed by atoms with E-state index in [1.165, 1.54) is 6.21 Å². The van der Waals surface area contributed by atoms with Crippen molar-refractivity contribution >= 4 is 12.1 Å². The van der Waals surface area contributed by atoms with Crippen LogP contribution in [-0.2, 0) is 11.2 Å². The predicted molar refractivity (Wildman–Crippen MR) is 70.7 cm³/mol. The number of aliphatic imine (C=N–C) groups is 1. The first-order valence-corrected chi connectivity index (χ1v) is 5.62. The van der Waals surface area contributed by atoms with Crippen LogP contribution in [0.3, 0.4) is 0 Å². The van der Waals surface area contributed by atoms with E-state index in [0.717, 1.165) is 12.0 Å². The fraction of sp³-hybridized carbons (Fsp3) is 0.385.